The van der Waals surface area contributed by atoms with E-state index in [-0.39, 0.29) is 29.6 Å². The van der Waals surface area contributed by atoms with Gasteiger partial charge < -0.3 is 4.74 Å². The normalized spacial score (nSPS) is 7.00. The minimum Gasteiger partial charge on any atom is -0.382 e. The van der Waals surface area contributed by atoms with Crippen LogP contribution in [0.1, 0.15) is 13.8 Å². The Kier molecular flexibility index (Phi) is 15.7. The van der Waals surface area contributed by atoms with Crippen LogP contribution < -0.4 is 0 Å². The Hall–Kier alpha value is 0.960. The van der Waals surface area contributed by atoms with Crippen molar-refractivity contribution >= 4 is 29.6 Å². The Bertz CT molecular complexity index is 15.0. The topological polar surface area (TPSA) is 9.23 Å². The summed E-state index contributed by atoms with van der Waals surface area (Å²) in [5.41, 5.74) is 0. The minimum absolute atomic E-state index is 0. The number of ether oxygens (including phenoxy) is 1. The van der Waals surface area contributed by atoms with Crippen LogP contribution in [0, 0.1) is 0 Å². The van der Waals surface area contributed by atoms with Gasteiger partial charge in [0.25, 0.3) is 0 Å². The Morgan fingerprint density at radius 2 is 1.50 bits per heavy atom. The molecule has 1 radical (unpaired) electrons. The molecule has 0 fully saturated rings. The summed E-state index contributed by atoms with van der Waals surface area (Å²) in [5, 5.41) is 0. The molecule has 0 heterocycles. The third-order valence-electron chi connectivity index (χ3n) is 0.408. The molecule has 0 aliphatic rings. The summed E-state index contributed by atoms with van der Waals surface area (Å²) in [6.07, 6.45) is 0. The van der Waals surface area contributed by atoms with Crippen LogP contribution in [0.2, 0.25) is 0 Å². The molecule has 0 atom stereocenters. The van der Waals surface area contributed by atoms with E-state index < -0.39 is 0 Å². The van der Waals surface area contributed by atoms with E-state index in [1.54, 1.807) is 0 Å². The fraction of sp³-hybridized carbons (Fsp3) is 1.00. The smallest absolute Gasteiger partial charge is 0.0437 e. The monoisotopic (exact) mass is 97.1 g/mol. The molecule has 0 saturated carbocycles. The van der Waals surface area contributed by atoms with Crippen LogP contribution >= 0.6 is 0 Å². The summed E-state index contributed by atoms with van der Waals surface area (Å²) in [4.78, 5) is 0. The third-order valence-corrected chi connectivity index (χ3v) is 0.408. The Labute approximate surface area is 61.4 Å². The van der Waals surface area contributed by atoms with Gasteiger partial charge in [-0.15, -0.1) is 0 Å². The zero-order chi connectivity index (χ0) is 4.12. The molecule has 0 bridgehead atoms. The van der Waals surface area contributed by atoms with Gasteiger partial charge in [0.2, 0.25) is 0 Å². The fourth-order valence-corrected chi connectivity index (χ4v) is 0.204. The zero-order valence-corrected chi connectivity index (χ0v) is 6.82. The van der Waals surface area contributed by atoms with Crippen LogP contribution in [-0.2, 0) is 4.74 Å². The molecule has 0 aromatic heterocycles. The predicted octanol–water partition coefficient (Wildman–Crippen LogP) is 0.662. The standard InChI is InChI=1S/C4H10O.Na/c1-3-5-4-2;/h3-4H2,1-2H3;. The first-order valence-electron chi connectivity index (χ1n) is 1.99. The van der Waals surface area contributed by atoms with Crippen molar-refractivity contribution < 1.29 is 4.74 Å². The molecule has 2 heteroatoms. The van der Waals surface area contributed by atoms with E-state index in [1.165, 1.54) is 0 Å². The summed E-state index contributed by atoms with van der Waals surface area (Å²) in [5.74, 6) is 0. The van der Waals surface area contributed by atoms with Gasteiger partial charge in [0.15, 0.2) is 0 Å². The Morgan fingerprint density at radius 1 is 1.17 bits per heavy atom. The average molecular weight is 97.1 g/mol. The molecule has 0 rings (SSSR count). The van der Waals surface area contributed by atoms with Gasteiger partial charge in [-0.1, -0.05) is 0 Å². The van der Waals surface area contributed by atoms with Crippen LogP contribution in [0.15, 0.2) is 0 Å². The van der Waals surface area contributed by atoms with E-state index in [2.05, 4.69) is 0 Å². The first-order chi connectivity index (χ1) is 2.41. The van der Waals surface area contributed by atoms with Gasteiger partial charge in [-0.3, -0.25) is 0 Å². The number of hydrogen-bond donors (Lipinski definition) is 0. The van der Waals surface area contributed by atoms with Crippen molar-refractivity contribution in [3.05, 3.63) is 0 Å². The maximum atomic E-state index is 4.83. The largest absolute Gasteiger partial charge is 0.382 e. The molecule has 0 aromatic rings. The maximum Gasteiger partial charge on any atom is 0.0437 e. The molecule has 0 aliphatic heterocycles. The number of rotatable bonds is 2. The van der Waals surface area contributed by atoms with E-state index in [9.17, 15) is 0 Å². The van der Waals surface area contributed by atoms with Crippen molar-refractivity contribution in [3.63, 3.8) is 0 Å². The van der Waals surface area contributed by atoms with Crippen molar-refractivity contribution in [2.75, 3.05) is 13.2 Å². The van der Waals surface area contributed by atoms with Gasteiger partial charge >= 0.3 is 0 Å². The summed E-state index contributed by atoms with van der Waals surface area (Å²) in [6, 6.07) is 0. The van der Waals surface area contributed by atoms with Gasteiger partial charge in [0.05, 0.1) is 0 Å². The predicted molar refractivity (Wildman–Crippen MR) is 27.9 cm³/mol. The first kappa shape index (κ1) is 10.0. The van der Waals surface area contributed by atoms with Crippen molar-refractivity contribution in [1.82, 2.24) is 0 Å². The Morgan fingerprint density at radius 3 is 1.50 bits per heavy atom. The molecule has 0 N–H and O–H groups in total. The van der Waals surface area contributed by atoms with Crippen LogP contribution in [0.25, 0.3) is 0 Å². The van der Waals surface area contributed by atoms with Gasteiger partial charge in [-0.05, 0) is 13.8 Å². The zero-order valence-electron chi connectivity index (χ0n) is 4.82. The molecule has 0 unspecified atom stereocenters. The van der Waals surface area contributed by atoms with Gasteiger partial charge in [-0.25, -0.2) is 0 Å². The van der Waals surface area contributed by atoms with E-state index in [0.717, 1.165) is 13.2 Å². The van der Waals surface area contributed by atoms with E-state index in [0.29, 0.717) is 0 Å². The van der Waals surface area contributed by atoms with Gasteiger partial charge in [0, 0.05) is 42.8 Å². The van der Waals surface area contributed by atoms with E-state index >= 15 is 0 Å². The second kappa shape index (κ2) is 9.35. The summed E-state index contributed by atoms with van der Waals surface area (Å²) >= 11 is 0. The van der Waals surface area contributed by atoms with Crippen LogP contribution in [-0.4, -0.2) is 42.8 Å². The SMILES string of the molecule is CCOCC.[Na]. The van der Waals surface area contributed by atoms with Gasteiger partial charge in [0.1, 0.15) is 0 Å². The van der Waals surface area contributed by atoms with Crippen molar-refractivity contribution in [3.8, 4) is 0 Å². The molecule has 0 spiro atoms. The van der Waals surface area contributed by atoms with Crippen molar-refractivity contribution in [1.29, 1.82) is 0 Å². The molecular weight excluding hydrogens is 87.0 g/mol. The van der Waals surface area contributed by atoms with E-state index in [1.807, 2.05) is 13.8 Å². The summed E-state index contributed by atoms with van der Waals surface area (Å²) in [7, 11) is 0. The minimum atomic E-state index is 0. The average Bonchev–Trinajstić information content (AvgIpc) is 1.41. The molecule has 0 aliphatic carbocycles. The fourth-order valence-electron chi connectivity index (χ4n) is 0.204. The quantitative estimate of drug-likeness (QED) is 0.460. The summed E-state index contributed by atoms with van der Waals surface area (Å²) < 4.78 is 4.83. The third kappa shape index (κ3) is 8.88. The first-order valence-corrected chi connectivity index (χ1v) is 1.99. The molecule has 1 nitrogen and oxygen atoms in total. The van der Waals surface area contributed by atoms with Gasteiger partial charge in [-0.2, -0.15) is 0 Å². The second-order valence-corrected chi connectivity index (χ2v) is 0.781. The molecule has 0 amide bonds. The van der Waals surface area contributed by atoms with Crippen molar-refractivity contribution in [2.45, 2.75) is 13.8 Å². The molecule has 0 saturated heterocycles. The van der Waals surface area contributed by atoms with Crippen LogP contribution in [0.4, 0.5) is 0 Å². The molecule has 33 valence electrons. The summed E-state index contributed by atoms with van der Waals surface area (Å²) in [6.45, 7) is 5.67. The van der Waals surface area contributed by atoms with Crippen LogP contribution in [0.5, 0.6) is 0 Å². The molecule has 0 aromatic carbocycles. The van der Waals surface area contributed by atoms with E-state index in [4.69, 9.17) is 4.74 Å². The van der Waals surface area contributed by atoms with Crippen molar-refractivity contribution in [2.24, 2.45) is 0 Å². The second-order valence-electron chi connectivity index (χ2n) is 0.781. The molecule has 6 heavy (non-hydrogen) atoms. The Balaban J connectivity index is 0. The van der Waals surface area contributed by atoms with Crippen LogP contribution in [0.3, 0.4) is 0 Å². The molecular formula is C4H10NaO. The number of hydrogen-bond acceptors (Lipinski definition) is 1. The maximum absolute atomic E-state index is 4.83.